The summed E-state index contributed by atoms with van der Waals surface area (Å²) < 4.78 is 5.13. The summed E-state index contributed by atoms with van der Waals surface area (Å²) >= 11 is 0. The first kappa shape index (κ1) is 18.4. The van der Waals surface area contributed by atoms with Crippen LogP contribution in [0.2, 0.25) is 0 Å². The molecule has 2 aromatic carbocycles. The summed E-state index contributed by atoms with van der Waals surface area (Å²) in [5.41, 5.74) is 1.50. The van der Waals surface area contributed by atoms with Crippen molar-refractivity contribution in [3.05, 3.63) is 66.2 Å². The third kappa shape index (κ3) is 2.67. The highest BCUT2D eigenvalue weighted by atomic mass is 16.5. The molecule has 4 aliphatic carbocycles. The number of nitrogens with one attached hydrogen (secondary N) is 1. The number of imide groups is 1. The molecule has 2 aromatic rings. The molecule has 2 bridgehead atoms. The Kier molecular flexibility index (Phi) is 3.88. The maximum absolute atomic E-state index is 13.3. The molecule has 5 aliphatic rings. The minimum Gasteiger partial charge on any atom is -0.497 e. The molecule has 1 aliphatic heterocycles. The Balaban J connectivity index is 1.26. The van der Waals surface area contributed by atoms with Crippen LogP contribution in [0.5, 0.6) is 5.75 Å². The number of nitrogens with zero attached hydrogens (tertiary/aromatic N) is 1. The molecular formula is C25H22N2O4. The van der Waals surface area contributed by atoms with Crippen LogP contribution in [0, 0.1) is 35.5 Å². The van der Waals surface area contributed by atoms with Gasteiger partial charge in [-0.25, -0.2) is 4.90 Å². The summed E-state index contributed by atoms with van der Waals surface area (Å²) in [6.07, 6.45) is 5.46. The number of methoxy groups -OCH3 is 1. The molecule has 1 heterocycles. The first-order valence-electron chi connectivity index (χ1n) is 10.7. The van der Waals surface area contributed by atoms with E-state index in [1.165, 1.54) is 4.90 Å². The standard InChI is InChI=1S/C25H22N2O4/c1-31-16-7-5-14(6-8-16)26-23(28)13-3-2-4-15(11-13)27-24(29)21-17-9-10-18(20-12-19(17)20)22(21)25(27)30/h2-11,17-22H,12H2,1H3,(H,26,28)/t17-,18+,19-,20+,21+,22-. The van der Waals surface area contributed by atoms with E-state index in [-0.39, 0.29) is 41.4 Å². The molecule has 6 heteroatoms. The van der Waals surface area contributed by atoms with Crippen LogP contribution in [-0.2, 0) is 9.59 Å². The van der Waals surface area contributed by atoms with Crippen LogP contribution in [0.1, 0.15) is 16.8 Å². The molecule has 0 spiro atoms. The van der Waals surface area contributed by atoms with Crippen LogP contribution in [0.25, 0.3) is 0 Å². The largest absolute Gasteiger partial charge is 0.497 e. The summed E-state index contributed by atoms with van der Waals surface area (Å²) in [5.74, 6) is 1.17. The normalized spacial score (nSPS) is 32.0. The van der Waals surface area contributed by atoms with Gasteiger partial charge in [0.2, 0.25) is 11.8 Å². The number of allylic oxidation sites excluding steroid dienone is 2. The lowest BCUT2D eigenvalue weighted by Gasteiger charge is -2.37. The molecule has 3 amide bonds. The lowest BCUT2D eigenvalue weighted by molar-refractivity contribution is -0.124. The van der Waals surface area contributed by atoms with E-state index in [1.54, 1.807) is 55.6 Å². The van der Waals surface area contributed by atoms with Crippen LogP contribution < -0.4 is 15.0 Å². The lowest BCUT2D eigenvalue weighted by Crippen LogP contribution is -2.40. The Labute approximate surface area is 179 Å². The summed E-state index contributed by atoms with van der Waals surface area (Å²) in [6, 6.07) is 13.8. The van der Waals surface area contributed by atoms with E-state index in [2.05, 4.69) is 17.5 Å². The summed E-state index contributed by atoms with van der Waals surface area (Å²) in [4.78, 5) is 40.7. The molecule has 0 unspecified atom stereocenters. The Hall–Kier alpha value is -3.41. The van der Waals surface area contributed by atoms with Crippen molar-refractivity contribution < 1.29 is 19.1 Å². The Morgan fingerprint density at radius 3 is 2.23 bits per heavy atom. The number of amides is 3. The second kappa shape index (κ2) is 6.54. The van der Waals surface area contributed by atoms with Crippen molar-refractivity contribution in [3.63, 3.8) is 0 Å². The quantitative estimate of drug-likeness (QED) is 0.614. The van der Waals surface area contributed by atoms with Gasteiger partial charge >= 0.3 is 0 Å². The Bertz CT molecular complexity index is 1100. The van der Waals surface area contributed by atoms with Gasteiger partial charge in [0, 0.05) is 11.3 Å². The summed E-state index contributed by atoms with van der Waals surface area (Å²) in [7, 11) is 1.58. The van der Waals surface area contributed by atoms with Crippen LogP contribution in [0.15, 0.2) is 60.7 Å². The zero-order chi connectivity index (χ0) is 21.3. The van der Waals surface area contributed by atoms with E-state index >= 15 is 0 Å². The molecule has 156 valence electrons. The van der Waals surface area contributed by atoms with Gasteiger partial charge in [-0.05, 0) is 72.6 Å². The number of hydrogen-bond donors (Lipinski definition) is 1. The van der Waals surface area contributed by atoms with E-state index in [1.807, 2.05) is 0 Å². The number of hydrogen-bond acceptors (Lipinski definition) is 4. The molecule has 7 rings (SSSR count). The molecule has 0 aromatic heterocycles. The van der Waals surface area contributed by atoms with Gasteiger partial charge in [0.15, 0.2) is 0 Å². The third-order valence-electron chi connectivity index (χ3n) is 7.38. The number of anilines is 2. The van der Waals surface area contributed by atoms with Gasteiger partial charge in [0.1, 0.15) is 5.75 Å². The zero-order valence-corrected chi connectivity index (χ0v) is 17.0. The monoisotopic (exact) mass is 414 g/mol. The average molecular weight is 414 g/mol. The number of rotatable bonds is 4. The molecule has 0 radical (unpaired) electrons. The highest BCUT2D eigenvalue weighted by Gasteiger charge is 2.67. The fourth-order valence-electron chi connectivity index (χ4n) is 5.88. The Morgan fingerprint density at radius 2 is 1.61 bits per heavy atom. The maximum Gasteiger partial charge on any atom is 0.255 e. The van der Waals surface area contributed by atoms with Crippen molar-refractivity contribution in [3.8, 4) is 5.75 Å². The second-order valence-electron chi connectivity index (χ2n) is 8.90. The van der Waals surface area contributed by atoms with Gasteiger partial charge in [-0.1, -0.05) is 18.2 Å². The summed E-state index contributed by atoms with van der Waals surface area (Å²) in [6.45, 7) is 0. The maximum atomic E-state index is 13.3. The topological polar surface area (TPSA) is 75.7 Å². The second-order valence-corrected chi connectivity index (χ2v) is 8.90. The van der Waals surface area contributed by atoms with E-state index in [0.29, 0.717) is 34.5 Å². The first-order chi connectivity index (χ1) is 15.1. The number of carbonyl (C=O) groups is 3. The predicted octanol–water partition coefficient (Wildman–Crippen LogP) is 3.51. The van der Waals surface area contributed by atoms with Crippen molar-refractivity contribution in [1.29, 1.82) is 0 Å². The van der Waals surface area contributed by atoms with Gasteiger partial charge in [-0.15, -0.1) is 0 Å². The number of benzene rings is 2. The van der Waals surface area contributed by atoms with Crippen molar-refractivity contribution in [2.24, 2.45) is 35.5 Å². The number of ether oxygens (including phenoxy) is 1. The zero-order valence-electron chi connectivity index (χ0n) is 17.0. The average Bonchev–Trinajstić information content (AvgIpc) is 3.57. The van der Waals surface area contributed by atoms with E-state index in [9.17, 15) is 14.4 Å². The van der Waals surface area contributed by atoms with Gasteiger partial charge in [0.05, 0.1) is 24.6 Å². The molecule has 2 saturated carbocycles. The first-order valence-corrected chi connectivity index (χ1v) is 10.7. The van der Waals surface area contributed by atoms with E-state index < -0.39 is 0 Å². The SMILES string of the molecule is COc1ccc(NC(=O)c2cccc(N3C(=O)[C@@H]4[C@H]5C=C[C@H]([C@H]6C[C@@H]56)[C@@H]4C3=O)c2)cc1. The molecule has 31 heavy (non-hydrogen) atoms. The minimum atomic E-state index is -0.300. The molecule has 1 saturated heterocycles. The van der Waals surface area contributed by atoms with Crippen LogP contribution in [0.4, 0.5) is 11.4 Å². The molecule has 3 fully saturated rings. The molecule has 6 atom stereocenters. The highest BCUT2D eigenvalue weighted by Crippen LogP contribution is 2.65. The predicted molar refractivity (Wildman–Crippen MR) is 115 cm³/mol. The fourth-order valence-corrected chi connectivity index (χ4v) is 5.88. The summed E-state index contributed by atoms with van der Waals surface area (Å²) in [5, 5.41) is 2.84. The molecule has 1 N–H and O–H groups in total. The number of carbonyl (C=O) groups excluding carboxylic acids is 3. The van der Waals surface area contributed by atoms with Crippen molar-refractivity contribution in [2.75, 3.05) is 17.3 Å². The van der Waals surface area contributed by atoms with Gasteiger partial charge in [-0.3, -0.25) is 14.4 Å². The van der Waals surface area contributed by atoms with Crippen LogP contribution in [-0.4, -0.2) is 24.8 Å². The van der Waals surface area contributed by atoms with Crippen molar-refractivity contribution in [2.45, 2.75) is 6.42 Å². The molecule has 6 nitrogen and oxygen atoms in total. The minimum absolute atomic E-state index is 0.118. The van der Waals surface area contributed by atoms with Gasteiger partial charge in [-0.2, -0.15) is 0 Å². The smallest absolute Gasteiger partial charge is 0.255 e. The highest BCUT2D eigenvalue weighted by molar-refractivity contribution is 6.23. The van der Waals surface area contributed by atoms with E-state index in [4.69, 9.17) is 4.74 Å². The Morgan fingerprint density at radius 1 is 0.968 bits per heavy atom. The van der Waals surface area contributed by atoms with Crippen LogP contribution in [0.3, 0.4) is 0 Å². The fraction of sp³-hybridized carbons (Fsp3) is 0.320. The van der Waals surface area contributed by atoms with E-state index in [0.717, 1.165) is 6.42 Å². The third-order valence-corrected chi connectivity index (χ3v) is 7.38. The van der Waals surface area contributed by atoms with Crippen molar-refractivity contribution >= 4 is 29.1 Å². The van der Waals surface area contributed by atoms with Gasteiger partial charge < -0.3 is 10.1 Å². The van der Waals surface area contributed by atoms with Crippen LogP contribution >= 0.6 is 0 Å². The molecular weight excluding hydrogens is 392 g/mol. The van der Waals surface area contributed by atoms with Gasteiger partial charge in [0.25, 0.3) is 5.91 Å². The lowest BCUT2D eigenvalue weighted by atomic mass is 9.63. The van der Waals surface area contributed by atoms with Crippen molar-refractivity contribution in [1.82, 2.24) is 0 Å².